The van der Waals surface area contributed by atoms with Crippen LogP contribution >= 0.6 is 0 Å². The molecule has 0 bridgehead atoms. The highest BCUT2D eigenvalue weighted by Crippen LogP contribution is 2.09. The maximum Gasteiger partial charge on any atom is 0.159 e. The molecule has 0 spiro atoms. The summed E-state index contributed by atoms with van der Waals surface area (Å²) in [6.07, 6.45) is 0. The molecule has 0 aliphatic carbocycles. The number of ketones is 1. The number of aromatic hydroxyl groups is 1. The Bertz CT molecular complexity index is 236. The second-order valence-electron chi connectivity index (χ2n) is 2.10. The van der Waals surface area contributed by atoms with E-state index in [2.05, 4.69) is 0 Å². The molecule has 2 nitrogen and oxygen atoms in total. The van der Waals surface area contributed by atoms with E-state index in [4.69, 9.17) is 5.11 Å². The van der Waals surface area contributed by atoms with Crippen LogP contribution in [0.1, 0.15) is 17.3 Å². The van der Waals surface area contributed by atoms with Crippen LogP contribution in [0.5, 0.6) is 5.75 Å². The average Bonchev–Trinajstić information content (AvgIpc) is 1.88. The molecule has 0 aliphatic rings. The summed E-state index contributed by atoms with van der Waals surface area (Å²) in [6.45, 7) is 1.49. The topological polar surface area (TPSA) is 37.3 Å². The predicted octanol–water partition coefficient (Wildman–Crippen LogP) is 1.59. The summed E-state index contributed by atoms with van der Waals surface area (Å²) in [6, 6.07) is 6.18. The highest BCUT2D eigenvalue weighted by atomic mass is 18.2. The lowest BCUT2D eigenvalue weighted by atomic mass is 10.1. The van der Waals surface area contributed by atoms with Gasteiger partial charge in [-0.15, -0.1) is 0 Å². The van der Waals surface area contributed by atoms with Gasteiger partial charge < -0.3 is 5.11 Å². The zero-order chi connectivity index (χ0) is 7.56. The Kier molecular flexibility index (Phi) is 1.71. The molecule has 1 aromatic carbocycles. The molecule has 0 saturated carbocycles. The molecule has 0 saturated heterocycles. The third-order valence-electron chi connectivity index (χ3n) is 1.27. The van der Waals surface area contributed by atoms with Crippen LogP contribution in [0.15, 0.2) is 24.3 Å². The van der Waals surface area contributed by atoms with Crippen LogP contribution in [0.3, 0.4) is 0 Å². The zero-order valence-corrected chi connectivity index (χ0v) is 5.66. The molecule has 2 heteroatoms. The first-order valence-corrected chi connectivity index (χ1v) is 3.00. The Morgan fingerprint density at radius 3 is 2.20 bits per heavy atom. The van der Waals surface area contributed by atoms with Crippen molar-refractivity contribution in [2.24, 2.45) is 0 Å². The number of hydrogen-bond donors (Lipinski definition) is 1. The fraction of sp³-hybridized carbons (Fsp3) is 0.125. The standard InChI is InChI=1S/C8H8O2/c1-6(9)7-2-4-8(10)5-3-7/h2-5,10H,1H3/i10+2. The van der Waals surface area contributed by atoms with Crippen molar-refractivity contribution in [1.29, 1.82) is 0 Å². The number of carbonyl (C=O) groups is 1. The molecule has 0 unspecified atom stereocenters. The van der Waals surface area contributed by atoms with Gasteiger partial charge in [0, 0.05) is 5.56 Å². The van der Waals surface area contributed by atoms with Crippen molar-refractivity contribution in [2.75, 3.05) is 0 Å². The summed E-state index contributed by atoms with van der Waals surface area (Å²) in [4.78, 5) is 10.7. The predicted molar refractivity (Wildman–Crippen MR) is 38.1 cm³/mol. The molecule has 1 rings (SSSR count). The van der Waals surface area contributed by atoms with E-state index in [1.165, 1.54) is 19.1 Å². The van der Waals surface area contributed by atoms with Gasteiger partial charge in [-0.1, -0.05) is 0 Å². The van der Waals surface area contributed by atoms with Gasteiger partial charge in [-0.05, 0) is 31.2 Å². The van der Waals surface area contributed by atoms with Crippen LogP contribution in [0.2, 0.25) is 0 Å². The van der Waals surface area contributed by atoms with Gasteiger partial charge in [-0.2, -0.15) is 0 Å². The number of carbonyl (C=O) groups excluding carboxylic acids is 1. The van der Waals surface area contributed by atoms with Crippen LogP contribution in [-0.4, -0.2) is 10.9 Å². The lowest BCUT2D eigenvalue weighted by molar-refractivity contribution is 0.101. The van der Waals surface area contributed by atoms with Crippen molar-refractivity contribution in [3.8, 4) is 5.75 Å². The second kappa shape index (κ2) is 2.52. The highest BCUT2D eigenvalue weighted by Gasteiger charge is 1.96. The van der Waals surface area contributed by atoms with Crippen molar-refractivity contribution in [1.82, 2.24) is 0 Å². The van der Waals surface area contributed by atoms with Crippen LogP contribution in [0.25, 0.3) is 0 Å². The van der Waals surface area contributed by atoms with Gasteiger partial charge >= 0.3 is 0 Å². The van der Waals surface area contributed by atoms with Gasteiger partial charge in [0.15, 0.2) is 5.78 Å². The van der Waals surface area contributed by atoms with Crippen LogP contribution < -0.4 is 0 Å². The van der Waals surface area contributed by atoms with E-state index >= 15 is 0 Å². The first-order chi connectivity index (χ1) is 4.70. The zero-order valence-electron chi connectivity index (χ0n) is 5.66. The van der Waals surface area contributed by atoms with E-state index in [0.29, 0.717) is 5.56 Å². The minimum atomic E-state index is 0.0139. The minimum absolute atomic E-state index is 0.0139. The molecule has 0 amide bonds. The Morgan fingerprint density at radius 1 is 1.30 bits per heavy atom. The number of hydrogen-bond acceptors (Lipinski definition) is 2. The van der Waals surface area contributed by atoms with E-state index in [1.807, 2.05) is 0 Å². The third kappa shape index (κ3) is 1.35. The lowest BCUT2D eigenvalue weighted by Crippen LogP contribution is -1.89. The molecule has 52 valence electrons. The summed E-state index contributed by atoms with van der Waals surface area (Å²) < 4.78 is 0. The monoisotopic (exact) mass is 138 g/mol. The first kappa shape index (κ1) is 6.81. The molecule has 0 aromatic heterocycles. The fourth-order valence-electron chi connectivity index (χ4n) is 0.696. The average molecular weight is 138 g/mol. The van der Waals surface area contributed by atoms with Gasteiger partial charge in [0.1, 0.15) is 5.75 Å². The highest BCUT2D eigenvalue weighted by molar-refractivity contribution is 5.94. The van der Waals surface area contributed by atoms with Crippen molar-refractivity contribution in [3.05, 3.63) is 29.8 Å². The number of phenols is 1. The molecular weight excluding hydrogens is 130 g/mol. The van der Waals surface area contributed by atoms with Gasteiger partial charge in [0.25, 0.3) is 0 Å². The molecule has 10 heavy (non-hydrogen) atoms. The Morgan fingerprint density at radius 2 is 1.80 bits per heavy atom. The second-order valence-corrected chi connectivity index (χ2v) is 2.10. The van der Waals surface area contributed by atoms with Crippen molar-refractivity contribution >= 4 is 5.78 Å². The maximum absolute atomic E-state index is 10.7. The molecular formula is C8H8O2. The number of benzene rings is 1. The largest absolute Gasteiger partial charge is 0.508 e. The molecule has 0 fully saturated rings. The van der Waals surface area contributed by atoms with Crippen molar-refractivity contribution in [2.45, 2.75) is 6.92 Å². The molecule has 0 heterocycles. The normalized spacial score (nSPS) is 9.30. The lowest BCUT2D eigenvalue weighted by Gasteiger charge is -1.93. The van der Waals surface area contributed by atoms with E-state index in [0.717, 1.165) is 0 Å². The van der Waals surface area contributed by atoms with Crippen LogP contribution in [0.4, 0.5) is 0 Å². The van der Waals surface area contributed by atoms with Crippen LogP contribution in [-0.2, 0) is 0 Å². The first-order valence-electron chi connectivity index (χ1n) is 3.00. The van der Waals surface area contributed by atoms with Gasteiger partial charge in [0.2, 0.25) is 0 Å². The fourth-order valence-corrected chi connectivity index (χ4v) is 0.696. The molecule has 0 radical (unpaired) electrons. The quantitative estimate of drug-likeness (QED) is 0.472. The number of rotatable bonds is 1. The minimum Gasteiger partial charge on any atom is -0.508 e. The smallest absolute Gasteiger partial charge is 0.159 e. The summed E-state index contributed by atoms with van der Waals surface area (Å²) in [5, 5.41) is 8.83. The van der Waals surface area contributed by atoms with Crippen LogP contribution in [0, 0.1) is 0 Å². The van der Waals surface area contributed by atoms with Crippen molar-refractivity contribution in [3.63, 3.8) is 0 Å². The van der Waals surface area contributed by atoms with E-state index in [-0.39, 0.29) is 11.5 Å². The molecule has 1 aromatic rings. The maximum atomic E-state index is 10.7. The molecule has 0 atom stereocenters. The SMILES string of the molecule is CC(=O)c1ccc([18OH])cc1. The summed E-state index contributed by atoms with van der Waals surface area (Å²) >= 11 is 0. The van der Waals surface area contributed by atoms with E-state index in [1.54, 1.807) is 12.1 Å². The Hall–Kier alpha value is -1.31. The number of Topliss-reactive ketones (excluding diaryl/α,β-unsaturated/α-hetero) is 1. The number of phenolic OH excluding ortho intramolecular Hbond substituents is 1. The Balaban J connectivity index is 3.00. The molecule has 0 aliphatic heterocycles. The van der Waals surface area contributed by atoms with Crippen molar-refractivity contribution < 1.29 is 9.90 Å². The van der Waals surface area contributed by atoms with E-state index in [9.17, 15) is 4.79 Å². The molecule has 1 N–H and O–H groups in total. The summed E-state index contributed by atoms with van der Waals surface area (Å²) in [5.74, 6) is 0.199. The summed E-state index contributed by atoms with van der Waals surface area (Å²) in [5.41, 5.74) is 0.623. The Labute approximate surface area is 59.1 Å². The van der Waals surface area contributed by atoms with Gasteiger partial charge in [-0.3, -0.25) is 4.79 Å². The van der Waals surface area contributed by atoms with Gasteiger partial charge in [0.05, 0.1) is 0 Å². The van der Waals surface area contributed by atoms with E-state index < -0.39 is 0 Å². The van der Waals surface area contributed by atoms with Gasteiger partial charge in [-0.25, -0.2) is 0 Å². The summed E-state index contributed by atoms with van der Waals surface area (Å²) in [7, 11) is 0. The third-order valence-corrected chi connectivity index (χ3v) is 1.27.